The summed E-state index contributed by atoms with van der Waals surface area (Å²) < 4.78 is 24.7. The number of aromatic nitrogens is 2. The lowest BCUT2D eigenvalue weighted by molar-refractivity contribution is -0.118. The van der Waals surface area contributed by atoms with E-state index < -0.39 is 11.7 Å². The van der Waals surface area contributed by atoms with E-state index >= 15 is 0 Å². The molecule has 0 spiro atoms. The summed E-state index contributed by atoms with van der Waals surface area (Å²) in [5.41, 5.74) is 8.72. The Morgan fingerprint density at radius 2 is 1.95 bits per heavy atom. The summed E-state index contributed by atoms with van der Waals surface area (Å²) in [6.45, 7) is 4.02. The SMILES string of the molecule is COc1ccc(OC)c(C2C(C#N)=C(N)N(c3nnc(SCC(=O)Nc4ccc(F)cc4)s3)C3=C2C(=O)CC(C)(C)C3)c1. The number of Topliss-reactive ketones (excluding diaryl/α,β-unsaturated/α-hetero) is 1. The summed E-state index contributed by atoms with van der Waals surface area (Å²) in [4.78, 5) is 28.0. The van der Waals surface area contributed by atoms with Crippen molar-refractivity contribution < 1.29 is 23.5 Å². The van der Waals surface area contributed by atoms with Gasteiger partial charge in [0.2, 0.25) is 11.0 Å². The van der Waals surface area contributed by atoms with Crippen LogP contribution in [0.3, 0.4) is 0 Å². The first-order valence-corrected chi connectivity index (χ1v) is 15.0. The highest BCUT2D eigenvalue weighted by Crippen LogP contribution is 2.52. The molecule has 0 fully saturated rings. The summed E-state index contributed by atoms with van der Waals surface area (Å²) in [6, 6.07) is 13.0. The number of benzene rings is 2. The number of ether oxygens (including phenoxy) is 2. The van der Waals surface area contributed by atoms with Crippen LogP contribution in [0.1, 0.15) is 38.2 Å². The zero-order valence-corrected chi connectivity index (χ0v) is 25.6. The van der Waals surface area contributed by atoms with Gasteiger partial charge >= 0.3 is 0 Å². The van der Waals surface area contributed by atoms with Crippen LogP contribution < -0.4 is 25.4 Å². The van der Waals surface area contributed by atoms with Gasteiger partial charge in [0.15, 0.2) is 10.1 Å². The summed E-state index contributed by atoms with van der Waals surface area (Å²) in [6.07, 6.45) is 0.792. The molecule has 0 radical (unpaired) electrons. The Balaban J connectivity index is 1.51. The molecule has 0 bridgehead atoms. The third-order valence-electron chi connectivity index (χ3n) is 7.17. The van der Waals surface area contributed by atoms with E-state index in [1.165, 1.54) is 54.5 Å². The number of thioether (sulfide) groups is 1. The molecule has 1 unspecified atom stereocenters. The van der Waals surface area contributed by atoms with Crippen LogP contribution in [0.5, 0.6) is 11.5 Å². The first kappa shape index (κ1) is 30.1. The smallest absolute Gasteiger partial charge is 0.234 e. The average Bonchev–Trinajstić information content (AvgIpc) is 3.44. The van der Waals surface area contributed by atoms with Crippen LogP contribution in [0.4, 0.5) is 15.2 Å². The summed E-state index contributed by atoms with van der Waals surface area (Å²) >= 11 is 2.37. The molecular formula is C30H29FN6O4S2. The van der Waals surface area contributed by atoms with Crippen molar-refractivity contribution in [2.75, 3.05) is 30.2 Å². The fourth-order valence-electron chi connectivity index (χ4n) is 5.31. The molecule has 1 atom stereocenters. The number of carbonyl (C=O) groups excluding carboxylic acids is 2. The molecule has 222 valence electrons. The number of ketones is 1. The predicted molar refractivity (Wildman–Crippen MR) is 162 cm³/mol. The molecule has 1 aliphatic carbocycles. The fraction of sp³-hybridized carbons (Fsp3) is 0.300. The molecule has 1 amide bonds. The Morgan fingerprint density at radius 3 is 2.63 bits per heavy atom. The van der Waals surface area contributed by atoms with Crippen molar-refractivity contribution in [3.8, 4) is 17.6 Å². The molecule has 2 aromatic carbocycles. The van der Waals surface area contributed by atoms with E-state index in [0.29, 0.717) is 56.3 Å². The highest BCUT2D eigenvalue weighted by Gasteiger charge is 2.46. The third kappa shape index (κ3) is 6.07. The number of carbonyl (C=O) groups is 2. The van der Waals surface area contributed by atoms with E-state index in [2.05, 4.69) is 21.6 Å². The standard InChI is InChI=1S/C30H29FN6O4S2/c1-30(2)12-21-26(22(38)13-30)25(19-11-18(40-3)9-10-23(19)41-4)20(14-32)27(33)37(21)28-35-36-29(43-28)42-15-24(39)34-17-7-5-16(31)6-8-17/h5-11,25H,12-13,15,33H2,1-4H3,(H,34,39). The van der Waals surface area contributed by atoms with Gasteiger partial charge in [0.25, 0.3) is 0 Å². The first-order valence-electron chi connectivity index (χ1n) is 13.2. The van der Waals surface area contributed by atoms with Crippen LogP contribution in [0.25, 0.3) is 0 Å². The van der Waals surface area contributed by atoms with E-state index in [4.69, 9.17) is 15.2 Å². The lowest BCUT2D eigenvalue weighted by Gasteiger charge is -2.42. The van der Waals surface area contributed by atoms with E-state index in [-0.39, 0.29) is 34.3 Å². The Hall–Kier alpha value is -4.41. The number of hydrogen-bond acceptors (Lipinski definition) is 11. The van der Waals surface area contributed by atoms with Gasteiger partial charge in [0.05, 0.1) is 37.5 Å². The molecule has 10 nitrogen and oxygen atoms in total. The van der Waals surface area contributed by atoms with Crippen LogP contribution >= 0.6 is 23.1 Å². The van der Waals surface area contributed by atoms with E-state index in [1.807, 2.05) is 13.8 Å². The monoisotopic (exact) mass is 620 g/mol. The summed E-state index contributed by atoms with van der Waals surface area (Å²) in [5.74, 6) is -0.315. The maximum atomic E-state index is 13.8. The van der Waals surface area contributed by atoms with Crippen LogP contribution in [0, 0.1) is 22.6 Å². The lowest BCUT2D eigenvalue weighted by atomic mass is 9.68. The Kier molecular flexibility index (Phi) is 8.43. The van der Waals surface area contributed by atoms with Gasteiger partial charge in [-0.2, -0.15) is 5.26 Å². The zero-order chi connectivity index (χ0) is 30.9. The van der Waals surface area contributed by atoms with E-state index in [0.717, 1.165) is 0 Å². The van der Waals surface area contributed by atoms with Crippen molar-refractivity contribution in [1.29, 1.82) is 5.26 Å². The maximum Gasteiger partial charge on any atom is 0.234 e. The van der Waals surface area contributed by atoms with Crippen molar-refractivity contribution in [2.24, 2.45) is 11.1 Å². The number of hydrogen-bond donors (Lipinski definition) is 2. The summed E-state index contributed by atoms with van der Waals surface area (Å²) in [5, 5.41) is 22.1. The van der Waals surface area contributed by atoms with Gasteiger partial charge in [-0.15, -0.1) is 10.2 Å². The molecule has 3 N–H and O–H groups in total. The number of methoxy groups -OCH3 is 2. The zero-order valence-electron chi connectivity index (χ0n) is 23.9. The molecule has 2 aliphatic rings. The molecular weight excluding hydrogens is 592 g/mol. The second kappa shape index (κ2) is 12.1. The molecule has 5 rings (SSSR count). The van der Waals surface area contributed by atoms with Crippen LogP contribution in [-0.2, 0) is 9.59 Å². The second-order valence-electron chi connectivity index (χ2n) is 10.8. The number of halogens is 1. The number of rotatable bonds is 8. The lowest BCUT2D eigenvalue weighted by Crippen LogP contribution is -2.42. The molecule has 3 aromatic rings. The summed E-state index contributed by atoms with van der Waals surface area (Å²) in [7, 11) is 3.07. The second-order valence-corrected chi connectivity index (χ2v) is 13.0. The molecule has 0 saturated heterocycles. The van der Waals surface area contributed by atoms with Crippen molar-refractivity contribution >= 4 is 45.6 Å². The molecule has 13 heteroatoms. The van der Waals surface area contributed by atoms with E-state index in [9.17, 15) is 19.2 Å². The van der Waals surface area contributed by atoms with Gasteiger partial charge in [0.1, 0.15) is 23.1 Å². The van der Waals surface area contributed by atoms with Crippen molar-refractivity contribution in [3.05, 3.63) is 76.5 Å². The number of anilines is 2. The topological polar surface area (TPSA) is 143 Å². The Labute approximate surface area is 256 Å². The molecule has 43 heavy (non-hydrogen) atoms. The number of nitriles is 1. The van der Waals surface area contributed by atoms with Gasteiger partial charge in [-0.3, -0.25) is 14.5 Å². The van der Waals surface area contributed by atoms with Gasteiger partial charge in [-0.25, -0.2) is 4.39 Å². The van der Waals surface area contributed by atoms with Crippen molar-refractivity contribution in [2.45, 2.75) is 36.9 Å². The highest BCUT2D eigenvalue weighted by molar-refractivity contribution is 8.01. The largest absolute Gasteiger partial charge is 0.497 e. The van der Waals surface area contributed by atoms with Gasteiger partial charge < -0.3 is 20.5 Å². The first-order chi connectivity index (χ1) is 20.5. The van der Waals surface area contributed by atoms with Crippen molar-refractivity contribution in [1.82, 2.24) is 10.2 Å². The Bertz CT molecular complexity index is 1690. The van der Waals surface area contributed by atoms with Crippen LogP contribution in [0.15, 0.2) is 69.5 Å². The van der Waals surface area contributed by atoms with Crippen LogP contribution in [0.2, 0.25) is 0 Å². The van der Waals surface area contributed by atoms with E-state index in [1.54, 1.807) is 30.2 Å². The number of amides is 1. The predicted octanol–water partition coefficient (Wildman–Crippen LogP) is 5.37. The molecule has 1 aliphatic heterocycles. The highest BCUT2D eigenvalue weighted by atomic mass is 32.2. The number of allylic oxidation sites excluding steroid dienone is 3. The minimum atomic E-state index is -0.762. The minimum Gasteiger partial charge on any atom is -0.497 e. The normalized spacial score (nSPS) is 17.8. The van der Waals surface area contributed by atoms with Gasteiger partial charge in [-0.05, 0) is 54.3 Å². The quantitative estimate of drug-likeness (QED) is 0.316. The maximum absolute atomic E-state index is 13.8. The Morgan fingerprint density at radius 1 is 1.21 bits per heavy atom. The van der Waals surface area contributed by atoms with Gasteiger partial charge in [-0.1, -0.05) is 36.9 Å². The van der Waals surface area contributed by atoms with Crippen molar-refractivity contribution in [3.63, 3.8) is 0 Å². The number of nitrogens with one attached hydrogen (secondary N) is 1. The van der Waals surface area contributed by atoms with Gasteiger partial charge in [0, 0.05) is 28.9 Å². The number of nitrogens with zero attached hydrogens (tertiary/aromatic N) is 4. The molecule has 1 aromatic heterocycles. The average molecular weight is 621 g/mol. The fourth-order valence-corrected chi connectivity index (χ4v) is 6.99. The molecule has 2 heterocycles. The minimum absolute atomic E-state index is 0.0396. The molecule has 0 saturated carbocycles. The number of nitrogens with two attached hydrogens (primary N) is 1. The van der Waals surface area contributed by atoms with Crippen LogP contribution in [-0.4, -0.2) is 41.9 Å². The third-order valence-corrected chi connectivity index (χ3v) is 9.21.